The molecule has 0 spiro atoms. The molecular weight excluding hydrogens is 126 g/mol. The predicted molar refractivity (Wildman–Crippen MR) is 39.9 cm³/mol. The Morgan fingerprint density at radius 1 is 1.50 bits per heavy atom. The minimum absolute atomic E-state index is 0.850. The molecule has 0 atom stereocenters. The summed E-state index contributed by atoms with van der Waals surface area (Å²) in [5, 5.41) is 0. The van der Waals surface area contributed by atoms with E-state index in [4.69, 9.17) is 4.42 Å². The van der Waals surface area contributed by atoms with E-state index in [1.807, 2.05) is 6.92 Å². The van der Waals surface area contributed by atoms with Gasteiger partial charge in [0, 0.05) is 6.42 Å². The molecule has 0 amide bonds. The molecule has 0 radical (unpaired) electrons. The molecule has 0 aliphatic rings. The molecule has 0 aliphatic carbocycles. The molecule has 2 nitrogen and oxygen atoms in total. The lowest BCUT2D eigenvalue weighted by molar-refractivity contribution is 0.501. The van der Waals surface area contributed by atoms with Crippen LogP contribution in [-0.4, -0.2) is 4.98 Å². The lowest BCUT2D eigenvalue weighted by Gasteiger charge is -1.84. The number of oxazole rings is 1. The quantitative estimate of drug-likeness (QED) is 0.641. The molecule has 1 aromatic rings. The van der Waals surface area contributed by atoms with Gasteiger partial charge >= 0.3 is 0 Å². The molecule has 0 unspecified atom stereocenters. The van der Waals surface area contributed by atoms with Gasteiger partial charge in [0.1, 0.15) is 6.26 Å². The predicted octanol–water partition coefficient (Wildman–Crippen LogP) is 2.19. The number of nitrogens with zero attached hydrogens (tertiary/aromatic N) is 1. The van der Waals surface area contributed by atoms with Crippen LogP contribution < -0.4 is 0 Å². The number of rotatable bonds is 3. The Morgan fingerprint density at radius 3 is 2.80 bits per heavy atom. The van der Waals surface area contributed by atoms with E-state index in [1.54, 1.807) is 6.26 Å². The van der Waals surface area contributed by atoms with Gasteiger partial charge in [0.25, 0.3) is 0 Å². The Morgan fingerprint density at radius 2 is 2.30 bits per heavy atom. The van der Waals surface area contributed by atoms with Gasteiger partial charge in [0.15, 0.2) is 5.89 Å². The minimum Gasteiger partial charge on any atom is -0.449 e. The normalized spacial score (nSPS) is 10.2. The van der Waals surface area contributed by atoms with Crippen LogP contribution in [-0.2, 0) is 12.8 Å². The van der Waals surface area contributed by atoms with Gasteiger partial charge in [0.2, 0.25) is 0 Å². The summed E-state index contributed by atoms with van der Waals surface area (Å²) in [6.45, 7) is 4.18. The maximum Gasteiger partial charge on any atom is 0.193 e. The smallest absolute Gasteiger partial charge is 0.193 e. The SMILES string of the molecule is CCCc1coc(CC)n1. The lowest BCUT2D eigenvalue weighted by Crippen LogP contribution is -1.83. The molecule has 0 bridgehead atoms. The van der Waals surface area contributed by atoms with Crippen LogP contribution in [0, 0.1) is 0 Å². The Kier molecular flexibility index (Phi) is 2.49. The molecule has 0 saturated heterocycles. The maximum atomic E-state index is 5.16. The highest BCUT2D eigenvalue weighted by Crippen LogP contribution is 2.04. The molecule has 1 aromatic heterocycles. The van der Waals surface area contributed by atoms with Gasteiger partial charge in [-0.1, -0.05) is 20.3 Å². The molecule has 0 N–H and O–H groups in total. The van der Waals surface area contributed by atoms with Crippen molar-refractivity contribution in [2.75, 3.05) is 0 Å². The van der Waals surface area contributed by atoms with Crippen LogP contribution in [0.15, 0.2) is 10.7 Å². The highest BCUT2D eigenvalue weighted by molar-refractivity contribution is 4.95. The standard InChI is InChI=1S/C8H13NO/c1-3-5-7-6-10-8(4-2)9-7/h6H,3-5H2,1-2H3. The van der Waals surface area contributed by atoms with Crippen LogP contribution in [0.4, 0.5) is 0 Å². The summed E-state index contributed by atoms with van der Waals surface area (Å²) in [5.41, 5.74) is 1.08. The monoisotopic (exact) mass is 139 g/mol. The van der Waals surface area contributed by atoms with Crippen LogP contribution >= 0.6 is 0 Å². The van der Waals surface area contributed by atoms with Gasteiger partial charge in [-0.15, -0.1) is 0 Å². The van der Waals surface area contributed by atoms with Crippen LogP contribution in [0.5, 0.6) is 0 Å². The van der Waals surface area contributed by atoms with Gasteiger partial charge in [-0.2, -0.15) is 0 Å². The zero-order chi connectivity index (χ0) is 7.40. The summed E-state index contributed by atoms with van der Waals surface area (Å²) in [6.07, 6.45) is 4.81. The van der Waals surface area contributed by atoms with Gasteiger partial charge in [-0.3, -0.25) is 0 Å². The first-order chi connectivity index (χ1) is 4.86. The summed E-state index contributed by atoms with van der Waals surface area (Å²) in [6, 6.07) is 0. The Hall–Kier alpha value is -0.790. The molecule has 10 heavy (non-hydrogen) atoms. The number of hydrogen-bond acceptors (Lipinski definition) is 2. The van der Waals surface area contributed by atoms with Crippen molar-refractivity contribution in [2.24, 2.45) is 0 Å². The fourth-order valence-electron chi connectivity index (χ4n) is 0.882. The van der Waals surface area contributed by atoms with Crippen LogP contribution in [0.25, 0.3) is 0 Å². The summed E-state index contributed by atoms with van der Waals surface area (Å²) < 4.78 is 5.16. The van der Waals surface area contributed by atoms with Crippen molar-refractivity contribution in [3.8, 4) is 0 Å². The molecule has 2 heteroatoms. The molecule has 1 heterocycles. The van der Waals surface area contributed by atoms with E-state index in [0.29, 0.717) is 0 Å². The van der Waals surface area contributed by atoms with E-state index in [-0.39, 0.29) is 0 Å². The first kappa shape index (κ1) is 7.32. The fourth-order valence-corrected chi connectivity index (χ4v) is 0.882. The van der Waals surface area contributed by atoms with Crippen molar-refractivity contribution < 1.29 is 4.42 Å². The van der Waals surface area contributed by atoms with E-state index in [0.717, 1.165) is 30.8 Å². The Labute approximate surface area is 61.3 Å². The van der Waals surface area contributed by atoms with E-state index in [1.165, 1.54) is 0 Å². The van der Waals surface area contributed by atoms with Gasteiger partial charge < -0.3 is 4.42 Å². The topological polar surface area (TPSA) is 26.0 Å². The fraction of sp³-hybridized carbons (Fsp3) is 0.625. The van der Waals surface area contributed by atoms with E-state index in [9.17, 15) is 0 Å². The number of aryl methyl sites for hydroxylation is 2. The van der Waals surface area contributed by atoms with E-state index in [2.05, 4.69) is 11.9 Å². The van der Waals surface area contributed by atoms with Crippen molar-refractivity contribution in [2.45, 2.75) is 33.1 Å². The van der Waals surface area contributed by atoms with Crippen molar-refractivity contribution in [1.29, 1.82) is 0 Å². The number of hydrogen-bond donors (Lipinski definition) is 0. The van der Waals surface area contributed by atoms with Crippen LogP contribution in [0.3, 0.4) is 0 Å². The zero-order valence-electron chi connectivity index (χ0n) is 6.55. The largest absolute Gasteiger partial charge is 0.449 e. The summed E-state index contributed by atoms with van der Waals surface area (Å²) in [5.74, 6) is 0.850. The average molecular weight is 139 g/mol. The third-order valence-electron chi connectivity index (χ3n) is 1.41. The maximum absolute atomic E-state index is 5.16. The van der Waals surface area contributed by atoms with Crippen LogP contribution in [0.1, 0.15) is 31.9 Å². The van der Waals surface area contributed by atoms with Crippen molar-refractivity contribution in [3.63, 3.8) is 0 Å². The highest BCUT2D eigenvalue weighted by atomic mass is 16.3. The van der Waals surface area contributed by atoms with Gasteiger partial charge in [0.05, 0.1) is 5.69 Å². The van der Waals surface area contributed by atoms with Crippen molar-refractivity contribution in [1.82, 2.24) is 4.98 Å². The first-order valence-corrected chi connectivity index (χ1v) is 3.80. The third-order valence-corrected chi connectivity index (χ3v) is 1.41. The summed E-state index contributed by atoms with van der Waals surface area (Å²) in [4.78, 5) is 4.25. The second kappa shape index (κ2) is 3.40. The summed E-state index contributed by atoms with van der Waals surface area (Å²) >= 11 is 0. The van der Waals surface area contributed by atoms with Crippen LogP contribution in [0.2, 0.25) is 0 Å². The molecule has 56 valence electrons. The van der Waals surface area contributed by atoms with E-state index < -0.39 is 0 Å². The second-order valence-corrected chi connectivity index (χ2v) is 2.34. The zero-order valence-corrected chi connectivity index (χ0v) is 6.55. The molecule has 0 aliphatic heterocycles. The lowest BCUT2D eigenvalue weighted by atomic mass is 10.3. The first-order valence-electron chi connectivity index (χ1n) is 3.80. The van der Waals surface area contributed by atoms with Gasteiger partial charge in [-0.05, 0) is 6.42 Å². The third kappa shape index (κ3) is 1.59. The van der Waals surface area contributed by atoms with Crippen molar-refractivity contribution >= 4 is 0 Å². The summed E-state index contributed by atoms with van der Waals surface area (Å²) in [7, 11) is 0. The number of aromatic nitrogens is 1. The molecular formula is C8H13NO. The molecule has 1 rings (SSSR count). The Bertz CT molecular complexity index is 193. The molecule has 0 aromatic carbocycles. The molecule has 0 fully saturated rings. The molecule has 0 saturated carbocycles. The van der Waals surface area contributed by atoms with E-state index >= 15 is 0 Å². The van der Waals surface area contributed by atoms with Gasteiger partial charge in [-0.25, -0.2) is 4.98 Å². The highest BCUT2D eigenvalue weighted by Gasteiger charge is 1.98. The second-order valence-electron chi connectivity index (χ2n) is 2.34. The average Bonchev–Trinajstić information content (AvgIpc) is 2.37. The Balaban J connectivity index is 2.59. The van der Waals surface area contributed by atoms with Crippen molar-refractivity contribution in [3.05, 3.63) is 17.8 Å². The minimum atomic E-state index is 0.850.